The van der Waals surface area contributed by atoms with Crippen molar-refractivity contribution in [3.63, 3.8) is 0 Å². The first-order valence-corrected chi connectivity index (χ1v) is 8.15. The average Bonchev–Trinajstić information content (AvgIpc) is 2.75. The predicted octanol–water partition coefficient (Wildman–Crippen LogP) is 1.62. The van der Waals surface area contributed by atoms with Crippen LogP contribution in [-0.4, -0.2) is 39.0 Å². The summed E-state index contributed by atoms with van der Waals surface area (Å²) in [5.41, 5.74) is 6.52. The predicted molar refractivity (Wildman–Crippen MR) is 95.3 cm³/mol. The SMILES string of the molecule is COc1cccc(NC(N)=NCC2CCCS2(=O)=O)c1.I. The van der Waals surface area contributed by atoms with Gasteiger partial charge in [-0.05, 0) is 25.0 Å². The van der Waals surface area contributed by atoms with Crippen molar-refractivity contribution in [2.24, 2.45) is 10.7 Å². The van der Waals surface area contributed by atoms with Crippen molar-refractivity contribution < 1.29 is 13.2 Å². The van der Waals surface area contributed by atoms with Gasteiger partial charge in [-0.15, -0.1) is 24.0 Å². The van der Waals surface area contributed by atoms with E-state index >= 15 is 0 Å². The Kier molecular flexibility index (Phi) is 6.72. The zero-order valence-electron chi connectivity index (χ0n) is 11.8. The van der Waals surface area contributed by atoms with Gasteiger partial charge in [-0.2, -0.15) is 0 Å². The fourth-order valence-corrected chi connectivity index (χ4v) is 3.88. The van der Waals surface area contributed by atoms with Crippen molar-refractivity contribution in [1.29, 1.82) is 0 Å². The van der Waals surface area contributed by atoms with E-state index in [1.54, 1.807) is 13.2 Å². The van der Waals surface area contributed by atoms with Crippen LogP contribution < -0.4 is 15.8 Å². The summed E-state index contributed by atoms with van der Waals surface area (Å²) >= 11 is 0. The van der Waals surface area contributed by atoms with Gasteiger partial charge in [-0.25, -0.2) is 8.42 Å². The summed E-state index contributed by atoms with van der Waals surface area (Å²) in [5.74, 6) is 1.18. The highest BCUT2D eigenvalue weighted by atomic mass is 127. The van der Waals surface area contributed by atoms with Crippen LogP contribution in [0.15, 0.2) is 29.3 Å². The minimum atomic E-state index is -2.98. The summed E-state index contributed by atoms with van der Waals surface area (Å²) in [4.78, 5) is 4.12. The lowest BCUT2D eigenvalue weighted by atomic mass is 10.2. The summed E-state index contributed by atoms with van der Waals surface area (Å²) < 4.78 is 28.4. The highest BCUT2D eigenvalue weighted by molar-refractivity contribution is 14.0. The number of hydrogen-bond acceptors (Lipinski definition) is 4. The normalized spacial score (nSPS) is 20.6. The number of halogens is 1. The lowest BCUT2D eigenvalue weighted by molar-refractivity contribution is 0.415. The van der Waals surface area contributed by atoms with Gasteiger partial charge >= 0.3 is 0 Å². The molecule has 0 aromatic heterocycles. The van der Waals surface area contributed by atoms with Crippen LogP contribution in [0.1, 0.15) is 12.8 Å². The first-order valence-electron chi connectivity index (χ1n) is 6.44. The number of guanidine groups is 1. The fraction of sp³-hybridized carbons (Fsp3) is 0.462. The van der Waals surface area contributed by atoms with Crippen molar-refractivity contribution >= 4 is 45.5 Å². The molecular formula is C13H20IN3O3S. The molecule has 0 radical (unpaired) electrons. The summed E-state index contributed by atoms with van der Waals surface area (Å²) in [5, 5.41) is 2.53. The molecule has 1 aromatic rings. The van der Waals surface area contributed by atoms with Gasteiger partial charge in [-0.1, -0.05) is 6.07 Å². The van der Waals surface area contributed by atoms with E-state index in [4.69, 9.17) is 10.5 Å². The number of sulfone groups is 1. The van der Waals surface area contributed by atoms with Crippen LogP contribution in [-0.2, 0) is 9.84 Å². The monoisotopic (exact) mass is 425 g/mol. The van der Waals surface area contributed by atoms with Gasteiger partial charge in [0.1, 0.15) is 5.75 Å². The molecule has 118 valence electrons. The van der Waals surface area contributed by atoms with E-state index in [2.05, 4.69) is 10.3 Å². The Morgan fingerprint density at radius 2 is 2.29 bits per heavy atom. The molecule has 21 heavy (non-hydrogen) atoms. The maximum absolute atomic E-state index is 11.7. The number of methoxy groups -OCH3 is 1. The molecule has 0 saturated carbocycles. The summed E-state index contributed by atoms with van der Waals surface area (Å²) in [6, 6.07) is 7.27. The molecule has 1 heterocycles. The van der Waals surface area contributed by atoms with Crippen LogP contribution >= 0.6 is 24.0 Å². The molecule has 0 spiro atoms. The van der Waals surface area contributed by atoms with Crippen molar-refractivity contribution in [2.45, 2.75) is 18.1 Å². The minimum absolute atomic E-state index is 0. The van der Waals surface area contributed by atoms with Crippen LogP contribution in [0.3, 0.4) is 0 Å². The standard InChI is InChI=1S/C13H19N3O3S.HI/c1-19-11-5-2-4-10(8-11)16-13(14)15-9-12-6-3-7-20(12,17)18;/h2,4-5,8,12H,3,6-7,9H2,1H3,(H3,14,15,16);1H. The van der Waals surface area contributed by atoms with Crippen LogP contribution in [0.2, 0.25) is 0 Å². The fourth-order valence-electron chi connectivity index (χ4n) is 2.15. The van der Waals surface area contributed by atoms with E-state index in [0.717, 1.165) is 5.69 Å². The van der Waals surface area contributed by atoms with Gasteiger partial charge in [-0.3, -0.25) is 4.99 Å². The third kappa shape index (κ3) is 5.03. The second-order valence-electron chi connectivity index (χ2n) is 4.71. The second kappa shape index (κ2) is 7.83. The largest absolute Gasteiger partial charge is 0.497 e. The summed E-state index contributed by atoms with van der Waals surface area (Å²) in [6.45, 7) is 0.213. The molecule has 3 N–H and O–H groups in total. The summed E-state index contributed by atoms with van der Waals surface area (Å²) in [6.07, 6.45) is 1.38. The topological polar surface area (TPSA) is 93.8 Å². The smallest absolute Gasteiger partial charge is 0.193 e. The number of rotatable bonds is 4. The molecule has 1 atom stereocenters. The number of aliphatic imine (C=N–C) groups is 1. The molecule has 1 unspecified atom stereocenters. The molecule has 0 bridgehead atoms. The van der Waals surface area contributed by atoms with Crippen LogP contribution in [0, 0.1) is 0 Å². The number of ether oxygens (including phenoxy) is 1. The number of nitrogens with two attached hydrogens (primary N) is 1. The van der Waals surface area contributed by atoms with Gasteiger partial charge in [0.05, 0.1) is 24.7 Å². The van der Waals surface area contributed by atoms with Crippen molar-refractivity contribution in [1.82, 2.24) is 0 Å². The molecule has 1 aromatic carbocycles. The number of hydrogen-bond donors (Lipinski definition) is 2. The quantitative estimate of drug-likeness (QED) is 0.435. The molecule has 2 rings (SSSR count). The van der Waals surface area contributed by atoms with E-state index in [-0.39, 0.29) is 42.2 Å². The van der Waals surface area contributed by atoms with Crippen molar-refractivity contribution in [2.75, 3.05) is 24.7 Å². The van der Waals surface area contributed by atoms with E-state index in [1.165, 1.54) is 0 Å². The first-order chi connectivity index (χ1) is 9.51. The highest BCUT2D eigenvalue weighted by Crippen LogP contribution is 2.20. The second-order valence-corrected chi connectivity index (χ2v) is 7.11. The van der Waals surface area contributed by atoms with Crippen LogP contribution in [0.5, 0.6) is 5.75 Å². The van der Waals surface area contributed by atoms with E-state index in [0.29, 0.717) is 18.6 Å². The zero-order valence-corrected chi connectivity index (χ0v) is 14.9. The third-order valence-corrected chi connectivity index (χ3v) is 5.53. The van der Waals surface area contributed by atoms with Gasteiger partial charge < -0.3 is 15.8 Å². The van der Waals surface area contributed by atoms with Crippen LogP contribution in [0.25, 0.3) is 0 Å². The molecule has 0 amide bonds. The Bertz CT molecular complexity index is 604. The lowest BCUT2D eigenvalue weighted by Gasteiger charge is -2.09. The lowest BCUT2D eigenvalue weighted by Crippen LogP contribution is -2.26. The Morgan fingerprint density at radius 1 is 1.52 bits per heavy atom. The number of benzene rings is 1. The highest BCUT2D eigenvalue weighted by Gasteiger charge is 2.30. The van der Waals surface area contributed by atoms with E-state index in [9.17, 15) is 8.42 Å². The molecular weight excluding hydrogens is 405 g/mol. The number of anilines is 1. The molecule has 6 nitrogen and oxygen atoms in total. The van der Waals surface area contributed by atoms with Gasteiger partial charge in [0, 0.05) is 11.8 Å². The van der Waals surface area contributed by atoms with Crippen molar-refractivity contribution in [3.05, 3.63) is 24.3 Å². The van der Waals surface area contributed by atoms with Crippen molar-refractivity contribution in [3.8, 4) is 5.75 Å². The number of nitrogens with zero attached hydrogens (tertiary/aromatic N) is 1. The number of nitrogens with one attached hydrogen (secondary N) is 1. The Labute approximate surface area is 142 Å². The molecule has 1 aliphatic rings. The Balaban J connectivity index is 0.00000220. The van der Waals surface area contributed by atoms with E-state index < -0.39 is 15.1 Å². The van der Waals surface area contributed by atoms with Gasteiger partial charge in [0.25, 0.3) is 0 Å². The first kappa shape index (κ1) is 18.0. The zero-order chi connectivity index (χ0) is 14.6. The molecule has 1 aliphatic heterocycles. The third-order valence-electron chi connectivity index (χ3n) is 3.27. The maximum Gasteiger partial charge on any atom is 0.193 e. The van der Waals surface area contributed by atoms with Gasteiger partial charge in [0.15, 0.2) is 15.8 Å². The van der Waals surface area contributed by atoms with E-state index in [1.807, 2.05) is 18.2 Å². The molecule has 1 fully saturated rings. The molecule has 1 saturated heterocycles. The average molecular weight is 425 g/mol. The molecule has 0 aliphatic carbocycles. The minimum Gasteiger partial charge on any atom is -0.497 e. The Morgan fingerprint density at radius 3 is 2.90 bits per heavy atom. The Hall–Kier alpha value is -1.03. The molecule has 8 heteroatoms. The maximum atomic E-state index is 11.7. The van der Waals surface area contributed by atoms with Gasteiger partial charge in [0.2, 0.25) is 0 Å². The summed E-state index contributed by atoms with van der Waals surface area (Å²) in [7, 11) is -1.39. The van der Waals surface area contributed by atoms with Crippen LogP contribution in [0.4, 0.5) is 5.69 Å².